The normalized spacial score (nSPS) is 22.7. The molecule has 0 saturated carbocycles. The van der Waals surface area contributed by atoms with Crippen molar-refractivity contribution in [2.45, 2.75) is 70.6 Å². The SMILES string of the molecule is CC(C)[Si](C#CC1=CC=C(F)C(N2CCOCC2)C1)(C(C)C)C(C)C. The number of allylic oxidation sites excluding steroid dienone is 2. The maximum atomic E-state index is 14.4. The van der Waals surface area contributed by atoms with Crippen LogP contribution in [0.4, 0.5) is 4.39 Å². The van der Waals surface area contributed by atoms with Gasteiger partial charge in [-0.2, -0.15) is 0 Å². The van der Waals surface area contributed by atoms with Crippen molar-refractivity contribution in [2.75, 3.05) is 26.3 Å². The zero-order valence-electron chi connectivity index (χ0n) is 16.7. The van der Waals surface area contributed by atoms with Crippen molar-refractivity contribution in [3.63, 3.8) is 0 Å². The Kier molecular flexibility index (Phi) is 7.07. The standard InChI is InChI=1S/C21H34FNOSi/c1-16(2)25(17(3)4,18(5)6)14-9-19-7-8-20(22)21(15-19)23-10-12-24-13-11-23/h7-8,16-18,21H,10-13,15H2,1-6H3. The number of ether oxygens (including phenoxy) is 1. The van der Waals surface area contributed by atoms with E-state index < -0.39 is 8.07 Å². The molecule has 1 heterocycles. The first-order valence-electron chi connectivity index (χ1n) is 9.70. The predicted molar refractivity (Wildman–Crippen MR) is 107 cm³/mol. The summed E-state index contributed by atoms with van der Waals surface area (Å²) >= 11 is 0. The van der Waals surface area contributed by atoms with Crippen LogP contribution in [0, 0.1) is 11.5 Å². The fourth-order valence-electron chi connectivity index (χ4n) is 4.57. The summed E-state index contributed by atoms with van der Waals surface area (Å²) < 4.78 is 19.8. The molecule has 2 nitrogen and oxygen atoms in total. The van der Waals surface area contributed by atoms with Crippen LogP contribution in [0.15, 0.2) is 23.6 Å². The van der Waals surface area contributed by atoms with Crippen LogP contribution in [0.25, 0.3) is 0 Å². The van der Waals surface area contributed by atoms with Gasteiger partial charge < -0.3 is 4.74 Å². The van der Waals surface area contributed by atoms with Crippen molar-refractivity contribution < 1.29 is 9.13 Å². The molecule has 1 unspecified atom stereocenters. The van der Waals surface area contributed by atoms with Gasteiger partial charge in [-0.3, -0.25) is 4.90 Å². The molecule has 0 radical (unpaired) electrons. The lowest BCUT2D eigenvalue weighted by Gasteiger charge is -2.38. The Bertz CT molecular complexity index is 555. The molecule has 2 rings (SSSR count). The zero-order valence-corrected chi connectivity index (χ0v) is 17.7. The summed E-state index contributed by atoms with van der Waals surface area (Å²) in [5, 5.41) is 0. The Morgan fingerprint density at radius 2 is 1.60 bits per heavy atom. The lowest BCUT2D eigenvalue weighted by molar-refractivity contribution is 0.0197. The van der Waals surface area contributed by atoms with E-state index in [0.29, 0.717) is 36.3 Å². The Balaban J connectivity index is 2.23. The van der Waals surface area contributed by atoms with Crippen LogP contribution < -0.4 is 0 Å². The summed E-state index contributed by atoms with van der Waals surface area (Å²) in [6.07, 6.45) is 4.20. The van der Waals surface area contributed by atoms with Crippen molar-refractivity contribution in [1.82, 2.24) is 4.90 Å². The summed E-state index contributed by atoms with van der Waals surface area (Å²) in [4.78, 5) is 2.20. The summed E-state index contributed by atoms with van der Waals surface area (Å²) in [5.74, 6) is 3.47. The van der Waals surface area contributed by atoms with Gasteiger partial charge in [0.1, 0.15) is 13.9 Å². The van der Waals surface area contributed by atoms with Crippen LogP contribution in [-0.2, 0) is 4.74 Å². The van der Waals surface area contributed by atoms with Crippen LogP contribution in [0.1, 0.15) is 48.0 Å². The van der Waals surface area contributed by atoms with Crippen molar-refractivity contribution in [3.8, 4) is 11.5 Å². The smallest absolute Gasteiger partial charge is 0.146 e. The molecule has 0 aromatic carbocycles. The first-order valence-corrected chi connectivity index (χ1v) is 11.9. The Morgan fingerprint density at radius 3 is 2.12 bits per heavy atom. The van der Waals surface area contributed by atoms with Crippen LogP contribution >= 0.6 is 0 Å². The van der Waals surface area contributed by atoms with Gasteiger partial charge in [0.05, 0.1) is 19.3 Å². The molecule has 0 spiro atoms. The van der Waals surface area contributed by atoms with Gasteiger partial charge in [0.2, 0.25) is 0 Å². The van der Waals surface area contributed by atoms with Gasteiger partial charge in [0, 0.05) is 25.1 Å². The average molecular weight is 364 g/mol. The summed E-state index contributed by atoms with van der Waals surface area (Å²) in [5.41, 5.74) is 6.70. The number of morpholine rings is 1. The van der Waals surface area contributed by atoms with Gasteiger partial charge >= 0.3 is 0 Å². The quantitative estimate of drug-likeness (QED) is 0.509. The first kappa shape index (κ1) is 20.4. The van der Waals surface area contributed by atoms with E-state index in [-0.39, 0.29) is 11.9 Å². The second-order valence-electron chi connectivity index (χ2n) is 8.26. The topological polar surface area (TPSA) is 12.5 Å². The molecule has 1 aliphatic heterocycles. The highest BCUT2D eigenvalue weighted by molar-refractivity contribution is 6.90. The van der Waals surface area contributed by atoms with Crippen LogP contribution in [0.5, 0.6) is 0 Å². The van der Waals surface area contributed by atoms with Gasteiger partial charge in [-0.15, -0.1) is 5.54 Å². The third-order valence-electron chi connectivity index (χ3n) is 5.97. The van der Waals surface area contributed by atoms with E-state index in [0.717, 1.165) is 18.7 Å². The number of rotatable bonds is 4. The molecule has 1 saturated heterocycles. The lowest BCUT2D eigenvalue weighted by atomic mass is 9.98. The van der Waals surface area contributed by atoms with Crippen molar-refractivity contribution in [3.05, 3.63) is 23.6 Å². The van der Waals surface area contributed by atoms with Gasteiger partial charge in [0.25, 0.3) is 0 Å². The fraction of sp³-hybridized carbons (Fsp3) is 0.714. The molecule has 0 amide bonds. The third kappa shape index (κ3) is 4.45. The highest BCUT2D eigenvalue weighted by Gasteiger charge is 2.41. The molecule has 0 aromatic heterocycles. The van der Waals surface area contributed by atoms with E-state index in [1.165, 1.54) is 0 Å². The van der Waals surface area contributed by atoms with E-state index in [4.69, 9.17) is 4.74 Å². The summed E-state index contributed by atoms with van der Waals surface area (Å²) in [7, 11) is -1.74. The molecule has 0 bridgehead atoms. The minimum absolute atomic E-state index is 0.0347. The average Bonchev–Trinajstić information content (AvgIpc) is 2.56. The number of hydrogen-bond donors (Lipinski definition) is 0. The fourth-order valence-corrected chi connectivity index (χ4v) is 9.82. The number of halogens is 1. The Labute approximate surface area is 154 Å². The highest BCUT2D eigenvalue weighted by Crippen LogP contribution is 2.41. The molecule has 1 atom stereocenters. The molecule has 0 N–H and O–H groups in total. The Hall–Kier alpha value is -0.893. The molecule has 4 heteroatoms. The molecule has 2 aliphatic rings. The number of nitrogens with zero attached hydrogens (tertiary/aromatic N) is 1. The molecule has 25 heavy (non-hydrogen) atoms. The van der Waals surface area contributed by atoms with E-state index in [1.54, 1.807) is 6.08 Å². The summed E-state index contributed by atoms with van der Waals surface area (Å²) in [6, 6.07) is -0.161. The van der Waals surface area contributed by atoms with Gasteiger partial charge in [-0.05, 0) is 28.8 Å². The molecular weight excluding hydrogens is 329 g/mol. The Morgan fingerprint density at radius 1 is 1.04 bits per heavy atom. The maximum Gasteiger partial charge on any atom is 0.146 e. The van der Waals surface area contributed by atoms with Gasteiger partial charge in [0.15, 0.2) is 0 Å². The van der Waals surface area contributed by atoms with E-state index in [9.17, 15) is 4.39 Å². The summed E-state index contributed by atoms with van der Waals surface area (Å²) in [6.45, 7) is 16.9. The second kappa shape index (κ2) is 8.66. The minimum atomic E-state index is -1.74. The van der Waals surface area contributed by atoms with Crippen molar-refractivity contribution >= 4 is 8.07 Å². The molecule has 1 aliphatic carbocycles. The largest absolute Gasteiger partial charge is 0.379 e. The monoisotopic (exact) mass is 363 g/mol. The van der Waals surface area contributed by atoms with Gasteiger partial charge in [-0.1, -0.05) is 47.5 Å². The maximum absolute atomic E-state index is 14.4. The van der Waals surface area contributed by atoms with Gasteiger partial charge in [-0.25, -0.2) is 4.39 Å². The zero-order chi connectivity index (χ0) is 18.6. The van der Waals surface area contributed by atoms with E-state index in [2.05, 4.69) is 57.9 Å². The van der Waals surface area contributed by atoms with Crippen LogP contribution in [-0.4, -0.2) is 45.3 Å². The van der Waals surface area contributed by atoms with E-state index in [1.807, 2.05) is 6.08 Å². The highest BCUT2D eigenvalue weighted by atomic mass is 28.3. The van der Waals surface area contributed by atoms with Crippen molar-refractivity contribution in [2.24, 2.45) is 0 Å². The predicted octanol–water partition coefficient (Wildman–Crippen LogP) is 5.09. The van der Waals surface area contributed by atoms with Crippen LogP contribution in [0.2, 0.25) is 16.6 Å². The van der Waals surface area contributed by atoms with Crippen LogP contribution in [0.3, 0.4) is 0 Å². The first-order chi connectivity index (χ1) is 11.8. The van der Waals surface area contributed by atoms with Crippen molar-refractivity contribution in [1.29, 1.82) is 0 Å². The molecule has 0 aromatic rings. The number of hydrogen-bond acceptors (Lipinski definition) is 2. The third-order valence-corrected chi connectivity index (χ3v) is 12.3. The second-order valence-corrected chi connectivity index (χ2v) is 13.8. The lowest BCUT2D eigenvalue weighted by Crippen LogP contribution is -2.44. The molecule has 140 valence electrons. The molecule has 1 fully saturated rings. The van der Waals surface area contributed by atoms with E-state index >= 15 is 0 Å². The molecular formula is C21H34FNOSi. The minimum Gasteiger partial charge on any atom is -0.379 e.